The third-order valence-electron chi connectivity index (χ3n) is 5.26. The van der Waals surface area contributed by atoms with Gasteiger partial charge in [-0.1, -0.05) is 19.1 Å². The van der Waals surface area contributed by atoms with Crippen molar-refractivity contribution in [3.05, 3.63) is 35.6 Å². The minimum atomic E-state index is -0.990. The van der Waals surface area contributed by atoms with Crippen LogP contribution < -0.4 is 0 Å². The molecule has 24 heavy (non-hydrogen) atoms. The maximum Gasteiger partial charge on any atom is 0.134 e. The highest BCUT2D eigenvalue weighted by molar-refractivity contribution is 6.18. The molecule has 1 aromatic rings. The van der Waals surface area contributed by atoms with Crippen LogP contribution >= 0.6 is 11.6 Å². The fourth-order valence-corrected chi connectivity index (χ4v) is 4.00. The van der Waals surface area contributed by atoms with Crippen LogP contribution in [0.2, 0.25) is 0 Å². The Labute approximate surface area is 148 Å². The van der Waals surface area contributed by atoms with Crippen molar-refractivity contribution in [1.29, 1.82) is 0 Å². The van der Waals surface area contributed by atoms with Gasteiger partial charge >= 0.3 is 0 Å². The summed E-state index contributed by atoms with van der Waals surface area (Å²) in [6, 6.07) is 6.46. The Kier molecular flexibility index (Phi) is 5.99. The minimum absolute atomic E-state index is 0.0288. The third-order valence-corrected chi connectivity index (χ3v) is 5.85. The van der Waals surface area contributed by atoms with Crippen molar-refractivity contribution in [2.75, 3.05) is 19.5 Å². The van der Waals surface area contributed by atoms with E-state index in [-0.39, 0.29) is 11.7 Å². The zero-order chi connectivity index (χ0) is 17.8. The van der Waals surface area contributed by atoms with E-state index in [0.29, 0.717) is 18.8 Å². The van der Waals surface area contributed by atoms with E-state index in [0.717, 1.165) is 18.4 Å². The van der Waals surface area contributed by atoms with Crippen LogP contribution in [0.5, 0.6) is 0 Å². The van der Waals surface area contributed by atoms with Gasteiger partial charge in [-0.25, -0.2) is 4.39 Å². The summed E-state index contributed by atoms with van der Waals surface area (Å²) < 4.78 is 13.1. The van der Waals surface area contributed by atoms with Gasteiger partial charge in [-0.2, -0.15) is 5.10 Å². The molecule has 0 saturated heterocycles. The highest BCUT2D eigenvalue weighted by atomic mass is 35.5. The molecule has 1 saturated carbocycles. The Morgan fingerprint density at radius 1 is 1.46 bits per heavy atom. The number of alkyl halides is 1. The smallest absolute Gasteiger partial charge is 0.134 e. The van der Waals surface area contributed by atoms with Gasteiger partial charge in [-0.15, -0.1) is 11.6 Å². The number of halogens is 2. The molecule has 0 spiro atoms. The SMILES string of the molecule is C=N/C=N\N(C)CC1(O)C(Cc2ccc(F)cc2)CCC1(C)CCl. The van der Waals surface area contributed by atoms with Gasteiger partial charge in [-0.3, -0.25) is 10.0 Å². The Morgan fingerprint density at radius 3 is 2.71 bits per heavy atom. The molecule has 0 aliphatic heterocycles. The van der Waals surface area contributed by atoms with Gasteiger partial charge < -0.3 is 5.11 Å². The number of hydrazone groups is 1. The number of hydrogen-bond donors (Lipinski definition) is 1. The molecule has 0 aromatic heterocycles. The van der Waals surface area contributed by atoms with Crippen molar-refractivity contribution < 1.29 is 9.50 Å². The van der Waals surface area contributed by atoms with E-state index in [4.69, 9.17) is 11.6 Å². The molecular weight excluding hydrogens is 329 g/mol. The zero-order valence-electron chi connectivity index (χ0n) is 14.3. The number of aliphatic imine (C=N–C) groups is 1. The third kappa shape index (κ3) is 3.78. The number of likely N-dealkylation sites (N-methyl/N-ethyl adjacent to an activating group) is 1. The lowest BCUT2D eigenvalue weighted by atomic mass is 9.72. The number of hydrogen-bond acceptors (Lipinski definition) is 3. The number of aliphatic hydroxyl groups is 1. The van der Waals surface area contributed by atoms with Crippen LogP contribution in [0, 0.1) is 17.2 Å². The van der Waals surface area contributed by atoms with Gasteiger partial charge in [0.05, 0.1) is 12.1 Å². The summed E-state index contributed by atoms with van der Waals surface area (Å²) in [5.41, 5.74) is -0.376. The Morgan fingerprint density at radius 2 is 2.12 bits per heavy atom. The van der Waals surface area contributed by atoms with Crippen molar-refractivity contribution in [2.24, 2.45) is 21.4 Å². The van der Waals surface area contributed by atoms with E-state index in [2.05, 4.69) is 16.8 Å². The number of nitrogens with zero attached hydrogens (tertiary/aromatic N) is 3. The van der Waals surface area contributed by atoms with Crippen LogP contribution in [0.1, 0.15) is 25.3 Å². The fraction of sp³-hybridized carbons (Fsp3) is 0.556. The van der Waals surface area contributed by atoms with Gasteiger partial charge in [-0.05, 0) is 49.6 Å². The van der Waals surface area contributed by atoms with Crippen molar-refractivity contribution in [3.8, 4) is 0 Å². The van der Waals surface area contributed by atoms with Crippen LogP contribution in [0.15, 0.2) is 34.4 Å². The first-order valence-corrected chi connectivity index (χ1v) is 8.60. The van der Waals surface area contributed by atoms with E-state index in [1.165, 1.54) is 18.5 Å². The molecule has 3 unspecified atom stereocenters. The first-order valence-electron chi connectivity index (χ1n) is 8.07. The summed E-state index contributed by atoms with van der Waals surface area (Å²) in [7, 11) is 1.79. The quantitative estimate of drug-likeness (QED) is 0.354. The zero-order valence-corrected chi connectivity index (χ0v) is 15.0. The molecule has 6 heteroatoms. The molecule has 1 aliphatic carbocycles. The van der Waals surface area contributed by atoms with E-state index >= 15 is 0 Å². The maximum atomic E-state index is 13.1. The van der Waals surface area contributed by atoms with E-state index in [1.54, 1.807) is 24.2 Å². The second-order valence-corrected chi connectivity index (χ2v) is 7.18. The van der Waals surface area contributed by atoms with Gasteiger partial charge in [0.1, 0.15) is 12.2 Å². The molecule has 1 N–H and O–H groups in total. The van der Waals surface area contributed by atoms with Crippen LogP contribution in [-0.4, -0.2) is 48.2 Å². The first kappa shape index (κ1) is 18.9. The predicted molar refractivity (Wildman–Crippen MR) is 97.3 cm³/mol. The molecule has 3 atom stereocenters. The van der Waals surface area contributed by atoms with Gasteiger partial charge in [0, 0.05) is 18.3 Å². The van der Waals surface area contributed by atoms with Gasteiger partial charge in [0.15, 0.2) is 0 Å². The summed E-state index contributed by atoms with van der Waals surface area (Å²) in [5.74, 6) is 0.152. The average Bonchev–Trinajstić information content (AvgIpc) is 2.80. The lowest BCUT2D eigenvalue weighted by Crippen LogP contribution is -2.54. The summed E-state index contributed by atoms with van der Waals surface area (Å²) in [6.07, 6.45) is 3.75. The van der Waals surface area contributed by atoms with E-state index < -0.39 is 11.0 Å². The lowest BCUT2D eigenvalue weighted by molar-refractivity contribution is -0.0911. The van der Waals surface area contributed by atoms with Crippen LogP contribution in [0.4, 0.5) is 4.39 Å². The highest BCUT2D eigenvalue weighted by Crippen LogP contribution is 2.52. The van der Waals surface area contributed by atoms with Crippen LogP contribution in [0.25, 0.3) is 0 Å². The molecule has 4 nitrogen and oxygen atoms in total. The lowest BCUT2D eigenvalue weighted by Gasteiger charge is -2.43. The second-order valence-electron chi connectivity index (χ2n) is 6.91. The van der Waals surface area contributed by atoms with Gasteiger partial charge in [0.2, 0.25) is 0 Å². The van der Waals surface area contributed by atoms with E-state index in [9.17, 15) is 9.50 Å². The summed E-state index contributed by atoms with van der Waals surface area (Å²) in [4.78, 5) is 3.60. The largest absolute Gasteiger partial charge is 0.387 e. The van der Waals surface area contributed by atoms with Crippen LogP contribution in [-0.2, 0) is 6.42 Å². The number of benzene rings is 1. The molecule has 0 heterocycles. The van der Waals surface area contributed by atoms with Crippen LogP contribution in [0.3, 0.4) is 0 Å². The summed E-state index contributed by atoms with van der Waals surface area (Å²) in [5, 5.41) is 17.3. The van der Waals surface area contributed by atoms with Crippen molar-refractivity contribution in [2.45, 2.75) is 31.8 Å². The molecule has 1 aliphatic rings. The standard InChI is InChI=1S/C18H25ClFN3O/c1-17(11-19)9-8-15(10-14-4-6-16(20)7-5-14)18(17,24)12-23(3)22-13-21-2/h4-7,13,15,24H,2,8-12H2,1,3H3/b22-13-. The molecule has 2 rings (SSSR count). The fourth-order valence-electron chi connectivity index (χ4n) is 3.63. The maximum absolute atomic E-state index is 13.1. The molecule has 0 radical (unpaired) electrons. The normalized spacial score (nSPS) is 30.0. The summed E-state index contributed by atoms with van der Waals surface area (Å²) >= 11 is 6.22. The van der Waals surface area contributed by atoms with Crippen molar-refractivity contribution >= 4 is 24.7 Å². The number of rotatable bonds is 7. The Bertz CT molecular complexity index is 594. The summed E-state index contributed by atoms with van der Waals surface area (Å²) in [6.45, 7) is 5.74. The van der Waals surface area contributed by atoms with Gasteiger partial charge in [0.25, 0.3) is 0 Å². The molecule has 132 valence electrons. The topological polar surface area (TPSA) is 48.2 Å². The molecule has 0 bridgehead atoms. The average molecular weight is 354 g/mol. The molecule has 0 amide bonds. The Hall–Kier alpha value is -1.46. The second kappa shape index (κ2) is 7.62. The van der Waals surface area contributed by atoms with Crippen molar-refractivity contribution in [3.63, 3.8) is 0 Å². The highest BCUT2D eigenvalue weighted by Gasteiger charge is 2.56. The Balaban J connectivity index is 2.23. The first-order chi connectivity index (χ1) is 11.3. The molecular formula is C18H25ClFN3O. The predicted octanol–water partition coefficient (Wildman–Crippen LogP) is 3.33. The molecule has 1 aromatic carbocycles. The molecule has 1 fully saturated rings. The van der Waals surface area contributed by atoms with Crippen molar-refractivity contribution in [1.82, 2.24) is 5.01 Å². The van der Waals surface area contributed by atoms with E-state index in [1.807, 2.05) is 6.92 Å². The minimum Gasteiger partial charge on any atom is -0.387 e. The monoisotopic (exact) mass is 353 g/mol.